The average molecular weight is 435 g/mol. The van der Waals surface area contributed by atoms with E-state index in [0.29, 0.717) is 13.1 Å². The van der Waals surface area contributed by atoms with Crippen LogP contribution in [0.1, 0.15) is 16.7 Å². The molecular weight excluding hydrogens is 414 g/mol. The maximum atomic E-state index is 13.9. The van der Waals surface area contributed by atoms with Crippen LogP contribution in [-0.2, 0) is 19.8 Å². The van der Waals surface area contributed by atoms with Gasteiger partial charge in [-0.05, 0) is 42.0 Å². The van der Waals surface area contributed by atoms with Gasteiger partial charge < -0.3 is 19.9 Å². The third kappa shape index (κ3) is 6.44. The summed E-state index contributed by atoms with van der Waals surface area (Å²) in [5, 5.41) is 11.9. The summed E-state index contributed by atoms with van der Waals surface area (Å²) in [5.74, 6) is -2.31. The molecule has 2 N–H and O–H groups in total. The second-order valence-electron chi connectivity index (χ2n) is 6.73. The molecule has 0 amide bonds. The molecule has 0 aliphatic carbocycles. The van der Waals surface area contributed by atoms with Gasteiger partial charge in [-0.25, -0.2) is 17.6 Å². The molecule has 0 bridgehead atoms. The molecule has 0 saturated carbocycles. The van der Waals surface area contributed by atoms with Crippen molar-refractivity contribution >= 4 is 0 Å². The maximum Gasteiger partial charge on any atom is 0.162 e. The van der Waals surface area contributed by atoms with E-state index in [4.69, 9.17) is 14.6 Å². The molecule has 3 aromatic carbocycles. The van der Waals surface area contributed by atoms with Crippen molar-refractivity contribution in [3.8, 4) is 11.5 Å². The Bertz CT molecular complexity index is 1030. The predicted octanol–water partition coefficient (Wildman–Crippen LogP) is 4.48. The highest BCUT2D eigenvalue weighted by Gasteiger charge is 2.12. The number of aliphatic hydroxyl groups excluding tert-OH is 1. The number of aliphatic hydroxyl groups is 1. The zero-order valence-corrected chi connectivity index (χ0v) is 16.5. The second-order valence-corrected chi connectivity index (χ2v) is 6.73. The Morgan fingerprint density at radius 2 is 1.29 bits per heavy atom. The molecule has 0 radical (unpaired) electrons. The number of benzene rings is 3. The number of hydrogen-bond acceptors (Lipinski definition) is 4. The van der Waals surface area contributed by atoms with Crippen LogP contribution >= 0.6 is 0 Å². The van der Waals surface area contributed by atoms with Gasteiger partial charge in [-0.3, -0.25) is 0 Å². The second kappa shape index (κ2) is 10.8. The summed E-state index contributed by atoms with van der Waals surface area (Å²) in [4.78, 5) is 0. The first-order valence-corrected chi connectivity index (χ1v) is 9.54. The Labute approximate surface area is 177 Å². The first-order chi connectivity index (χ1) is 15.0. The first-order valence-electron chi connectivity index (χ1n) is 9.54. The SMILES string of the molecule is OCCNCc1ccc(OCc2ccc(F)cc2F)c(OCc2ccc(F)cc2F)c1. The zero-order chi connectivity index (χ0) is 22.2. The van der Waals surface area contributed by atoms with Crippen molar-refractivity contribution in [2.45, 2.75) is 19.8 Å². The Morgan fingerprint density at radius 3 is 1.84 bits per heavy atom. The minimum Gasteiger partial charge on any atom is -0.485 e. The number of nitrogens with one attached hydrogen (secondary N) is 1. The number of hydrogen-bond donors (Lipinski definition) is 2. The Hall–Kier alpha value is -3.10. The smallest absolute Gasteiger partial charge is 0.162 e. The highest BCUT2D eigenvalue weighted by atomic mass is 19.1. The molecule has 0 aliphatic rings. The van der Waals surface area contributed by atoms with E-state index >= 15 is 0 Å². The van der Waals surface area contributed by atoms with Crippen molar-refractivity contribution in [1.29, 1.82) is 0 Å². The van der Waals surface area contributed by atoms with E-state index in [9.17, 15) is 17.6 Å². The first kappa shape index (κ1) is 22.6. The lowest BCUT2D eigenvalue weighted by atomic mass is 10.2. The van der Waals surface area contributed by atoms with Gasteiger partial charge in [0, 0.05) is 36.3 Å². The minimum absolute atomic E-state index is 0.0162. The highest BCUT2D eigenvalue weighted by molar-refractivity contribution is 5.43. The molecule has 0 heterocycles. The van der Waals surface area contributed by atoms with Crippen LogP contribution in [0.25, 0.3) is 0 Å². The highest BCUT2D eigenvalue weighted by Crippen LogP contribution is 2.30. The molecule has 8 heteroatoms. The number of rotatable bonds is 10. The molecule has 0 fully saturated rings. The van der Waals surface area contributed by atoms with E-state index < -0.39 is 23.3 Å². The third-order valence-electron chi connectivity index (χ3n) is 4.42. The molecule has 3 rings (SSSR count). The van der Waals surface area contributed by atoms with Gasteiger partial charge in [0.05, 0.1) is 6.61 Å². The molecule has 0 atom stereocenters. The average Bonchev–Trinajstić information content (AvgIpc) is 2.73. The van der Waals surface area contributed by atoms with E-state index in [1.807, 2.05) is 0 Å². The molecular formula is C23H21F4NO3. The summed E-state index contributed by atoms with van der Waals surface area (Å²) >= 11 is 0. The van der Waals surface area contributed by atoms with Gasteiger partial charge in [-0.1, -0.05) is 6.07 Å². The van der Waals surface area contributed by atoms with Crippen LogP contribution in [0.15, 0.2) is 54.6 Å². The lowest BCUT2D eigenvalue weighted by Crippen LogP contribution is -2.17. The zero-order valence-electron chi connectivity index (χ0n) is 16.5. The van der Waals surface area contributed by atoms with Crippen molar-refractivity contribution in [1.82, 2.24) is 5.32 Å². The molecule has 31 heavy (non-hydrogen) atoms. The van der Waals surface area contributed by atoms with Crippen LogP contribution in [0.5, 0.6) is 11.5 Å². The van der Waals surface area contributed by atoms with Crippen molar-refractivity contribution in [2.75, 3.05) is 13.2 Å². The minimum atomic E-state index is -0.739. The molecule has 4 nitrogen and oxygen atoms in total. The molecule has 0 unspecified atom stereocenters. The fourth-order valence-corrected chi connectivity index (χ4v) is 2.79. The summed E-state index contributed by atoms with van der Waals surface area (Å²) in [5.41, 5.74) is 1.12. The maximum absolute atomic E-state index is 13.9. The van der Waals surface area contributed by atoms with Crippen LogP contribution in [0, 0.1) is 23.3 Å². The molecule has 3 aromatic rings. The van der Waals surface area contributed by atoms with Crippen LogP contribution < -0.4 is 14.8 Å². The van der Waals surface area contributed by atoms with Crippen LogP contribution in [0.4, 0.5) is 17.6 Å². The fraction of sp³-hybridized carbons (Fsp3) is 0.217. The normalized spacial score (nSPS) is 10.9. The van der Waals surface area contributed by atoms with Crippen LogP contribution in [-0.4, -0.2) is 18.3 Å². The summed E-state index contributed by atoms with van der Waals surface area (Å²) in [6, 6.07) is 11.4. The van der Waals surface area contributed by atoms with Crippen LogP contribution in [0.2, 0.25) is 0 Å². The Kier molecular flexibility index (Phi) is 7.86. The van der Waals surface area contributed by atoms with Gasteiger partial charge in [-0.2, -0.15) is 0 Å². The van der Waals surface area contributed by atoms with Gasteiger partial charge in [-0.15, -0.1) is 0 Å². The monoisotopic (exact) mass is 435 g/mol. The lowest BCUT2D eigenvalue weighted by Gasteiger charge is -2.15. The number of halogens is 4. The third-order valence-corrected chi connectivity index (χ3v) is 4.42. The van der Waals surface area contributed by atoms with Gasteiger partial charge in [0.25, 0.3) is 0 Å². The van der Waals surface area contributed by atoms with E-state index in [0.717, 1.165) is 29.8 Å². The fourth-order valence-electron chi connectivity index (χ4n) is 2.79. The summed E-state index contributed by atoms with van der Waals surface area (Å²) in [7, 11) is 0. The summed E-state index contributed by atoms with van der Waals surface area (Å²) in [6.45, 7) is 0.474. The van der Waals surface area contributed by atoms with Crippen molar-refractivity contribution in [2.24, 2.45) is 0 Å². The molecule has 0 aromatic heterocycles. The quantitative estimate of drug-likeness (QED) is 0.364. The van der Waals surface area contributed by atoms with Crippen molar-refractivity contribution in [3.63, 3.8) is 0 Å². The largest absolute Gasteiger partial charge is 0.485 e. The molecule has 0 spiro atoms. The summed E-state index contributed by atoms with van der Waals surface area (Å²) < 4.78 is 65.4. The van der Waals surface area contributed by atoms with Gasteiger partial charge in [0.15, 0.2) is 11.5 Å². The van der Waals surface area contributed by atoms with Gasteiger partial charge in [0.2, 0.25) is 0 Å². The Balaban J connectivity index is 1.77. The molecule has 0 saturated heterocycles. The standard InChI is InChI=1S/C23H21F4NO3/c24-18-4-2-16(20(26)10-18)13-30-22-6-1-15(12-28-7-8-29)9-23(22)31-14-17-3-5-19(25)11-21(17)27/h1-6,9-11,28-29H,7-8,12-14H2. The molecule has 0 aliphatic heterocycles. The van der Waals surface area contributed by atoms with Gasteiger partial charge in [0.1, 0.15) is 36.5 Å². The Morgan fingerprint density at radius 1 is 0.710 bits per heavy atom. The van der Waals surface area contributed by atoms with E-state index in [1.54, 1.807) is 18.2 Å². The topological polar surface area (TPSA) is 50.7 Å². The number of ether oxygens (including phenoxy) is 2. The van der Waals surface area contributed by atoms with Gasteiger partial charge >= 0.3 is 0 Å². The summed E-state index contributed by atoms with van der Waals surface area (Å²) in [6.07, 6.45) is 0. The molecule has 164 valence electrons. The van der Waals surface area contributed by atoms with Crippen LogP contribution in [0.3, 0.4) is 0 Å². The predicted molar refractivity (Wildman–Crippen MR) is 107 cm³/mol. The van der Waals surface area contributed by atoms with Crippen molar-refractivity contribution < 1.29 is 32.1 Å². The van der Waals surface area contributed by atoms with Crippen molar-refractivity contribution in [3.05, 3.63) is 94.6 Å². The lowest BCUT2D eigenvalue weighted by molar-refractivity contribution is 0.250. The van der Waals surface area contributed by atoms with E-state index in [1.165, 1.54) is 12.1 Å². The van der Waals surface area contributed by atoms with E-state index in [2.05, 4.69) is 5.32 Å². The van der Waals surface area contributed by atoms with E-state index in [-0.39, 0.29) is 42.4 Å².